The molecule has 0 atom stereocenters. The summed E-state index contributed by atoms with van der Waals surface area (Å²) in [6.45, 7) is 1.15. The first-order valence-corrected chi connectivity index (χ1v) is 8.50. The molecule has 0 unspecified atom stereocenters. The van der Waals surface area contributed by atoms with Gasteiger partial charge >= 0.3 is 0 Å². The lowest BCUT2D eigenvalue weighted by molar-refractivity contribution is 0.568. The summed E-state index contributed by atoms with van der Waals surface area (Å²) in [4.78, 5) is 10.3. The molecule has 0 saturated heterocycles. The first-order chi connectivity index (χ1) is 11.8. The SMILES string of the molecule is NCCNc1nc(-c2ccoc2)cc(-c2cc3ccccc3s2)n1. The number of benzene rings is 1. The molecule has 0 amide bonds. The molecule has 120 valence electrons. The minimum Gasteiger partial charge on any atom is -0.472 e. The zero-order valence-electron chi connectivity index (χ0n) is 12.9. The molecule has 3 heterocycles. The summed E-state index contributed by atoms with van der Waals surface area (Å²) >= 11 is 1.72. The Morgan fingerprint density at radius 1 is 1.08 bits per heavy atom. The molecule has 0 spiro atoms. The predicted octanol–water partition coefficient (Wildman–Crippen LogP) is 3.99. The molecule has 0 aliphatic carbocycles. The summed E-state index contributed by atoms with van der Waals surface area (Å²) in [5.74, 6) is 0.576. The first kappa shape index (κ1) is 14.9. The van der Waals surface area contributed by atoms with Gasteiger partial charge in [-0.05, 0) is 29.7 Å². The average Bonchev–Trinajstić information content (AvgIpc) is 3.29. The molecule has 3 N–H and O–H groups in total. The summed E-state index contributed by atoms with van der Waals surface area (Å²) in [6, 6.07) is 14.4. The van der Waals surface area contributed by atoms with Crippen LogP contribution in [0.15, 0.2) is 59.4 Å². The van der Waals surface area contributed by atoms with Gasteiger partial charge < -0.3 is 15.5 Å². The van der Waals surface area contributed by atoms with Crippen LogP contribution in [0.5, 0.6) is 0 Å². The maximum Gasteiger partial charge on any atom is 0.223 e. The standard InChI is InChI=1S/C18H16N4OS/c19-6-7-20-18-21-14(13-5-8-23-11-13)10-15(22-18)17-9-12-3-1-2-4-16(12)24-17/h1-5,8-11H,6-7,19H2,(H,20,21,22). The third-order valence-corrected chi connectivity index (χ3v) is 4.79. The number of anilines is 1. The van der Waals surface area contributed by atoms with E-state index in [1.807, 2.05) is 24.3 Å². The quantitative estimate of drug-likeness (QED) is 0.576. The molecule has 5 nitrogen and oxygen atoms in total. The van der Waals surface area contributed by atoms with E-state index in [0.717, 1.165) is 21.8 Å². The third kappa shape index (κ3) is 2.89. The second kappa shape index (κ2) is 6.43. The maximum atomic E-state index is 5.58. The molecule has 0 fully saturated rings. The van der Waals surface area contributed by atoms with Gasteiger partial charge in [0, 0.05) is 23.4 Å². The highest BCUT2D eigenvalue weighted by Gasteiger charge is 2.11. The summed E-state index contributed by atoms with van der Waals surface area (Å²) in [5, 5.41) is 4.39. The van der Waals surface area contributed by atoms with Gasteiger partial charge in [0.1, 0.15) is 0 Å². The normalized spacial score (nSPS) is 11.0. The van der Waals surface area contributed by atoms with Crippen molar-refractivity contribution in [2.45, 2.75) is 0 Å². The van der Waals surface area contributed by atoms with E-state index in [1.165, 1.54) is 10.1 Å². The van der Waals surface area contributed by atoms with E-state index in [0.29, 0.717) is 19.0 Å². The Balaban J connectivity index is 1.82. The molecule has 24 heavy (non-hydrogen) atoms. The van der Waals surface area contributed by atoms with E-state index in [4.69, 9.17) is 10.2 Å². The van der Waals surface area contributed by atoms with E-state index in [9.17, 15) is 0 Å². The van der Waals surface area contributed by atoms with Crippen LogP contribution in [0.4, 0.5) is 5.95 Å². The lowest BCUT2D eigenvalue weighted by Crippen LogP contribution is -2.15. The van der Waals surface area contributed by atoms with E-state index < -0.39 is 0 Å². The number of nitrogens with one attached hydrogen (secondary N) is 1. The van der Waals surface area contributed by atoms with Gasteiger partial charge in [-0.15, -0.1) is 11.3 Å². The van der Waals surface area contributed by atoms with Gasteiger partial charge in [-0.3, -0.25) is 0 Å². The zero-order valence-corrected chi connectivity index (χ0v) is 13.7. The fourth-order valence-corrected chi connectivity index (χ4v) is 3.53. The van der Waals surface area contributed by atoms with Crippen molar-refractivity contribution in [2.75, 3.05) is 18.4 Å². The monoisotopic (exact) mass is 336 g/mol. The molecule has 4 rings (SSSR count). The Kier molecular flexibility index (Phi) is 3.98. The van der Waals surface area contributed by atoms with Gasteiger partial charge in [-0.2, -0.15) is 0 Å². The second-order valence-corrected chi connectivity index (χ2v) is 6.42. The van der Waals surface area contributed by atoms with Crippen LogP contribution in [0, 0.1) is 0 Å². The molecule has 0 saturated carbocycles. The Labute approximate surface area is 143 Å². The highest BCUT2D eigenvalue weighted by molar-refractivity contribution is 7.22. The smallest absolute Gasteiger partial charge is 0.223 e. The molecule has 0 bridgehead atoms. The minimum atomic E-state index is 0.525. The van der Waals surface area contributed by atoms with Crippen molar-refractivity contribution in [1.82, 2.24) is 9.97 Å². The molecule has 6 heteroatoms. The largest absolute Gasteiger partial charge is 0.472 e. The van der Waals surface area contributed by atoms with E-state index in [-0.39, 0.29) is 0 Å². The van der Waals surface area contributed by atoms with Crippen LogP contribution in [-0.2, 0) is 0 Å². The Morgan fingerprint density at radius 3 is 2.75 bits per heavy atom. The van der Waals surface area contributed by atoms with Crippen LogP contribution >= 0.6 is 11.3 Å². The lowest BCUT2D eigenvalue weighted by Gasteiger charge is -2.07. The maximum absolute atomic E-state index is 5.58. The Bertz CT molecular complexity index is 929. The van der Waals surface area contributed by atoms with Crippen molar-refractivity contribution in [3.63, 3.8) is 0 Å². The lowest BCUT2D eigenvalue weighted by atomic mass is 10.2. The van der Waals surface area contributed by atoms with Crippen LogP contribution < -0.4 is 11.1 Å². The summed E-state index contributed by atoms with van der Waals surface area (Å²) < 4.78 is 6.43. The molecule has 1 aromatic carbocycles. The Morgan fingerprint density at radius 2 is 1.96 bits per heavy atom. The fourth-order valence-electron chi connectivity index (χ4n) is 2.50. The van der Waals surface area contributed by atoms with Gasteiger partial charge in [-0.25, -0.2) is 9.97 Å². The van der Waals surface area contributed by atoms with Crippen LogP contribution in [-0.4, -0.2) is 23.1 Å². The van der Waals surface area contributed by atoms with Crippen molar-refractivity contribution >= 4 is 27.4 Å². The highest BCUT2D eigenvalue weighted by atomic mass is 32.1. The number of nitrogens with two attached hydrogens (primary N) is 1. The summed E-state index contributed by atoms with van der Waals surface area (Å²) in [6.07, 6.45) is 3.33. The van der Waals surface area contributed by atoms with Crippen LogP contribution in [0.1, 0.15) is 0 Å². The van der Waals surface area contributed by atoms with Crippen molar-refractivity contribution in [2.24, 2.45) is 5.73 Å². The molecular formula is C18H16N4OS. The molecule has 0 radical (unpaired) electrons. The molecule has 3 aromatic heterocycles. The van der Waals surface area contributed by atoms with Gasteiger partial charge in [0.15, 0.2) is 0 Å². The Hall–Kier alpha value is -2.70. The topological polar surface area (TPSA) is 77.0 Å². The van der Waals surface area contributed by atoms with Crippen molar-refractivity contribution in [3.8, 4) is 21.8 Å². The molecule has 0 aliphatic rings. The number of aromatic nitrogens is 2. The van der Waals surface area contributed by atoms with Crippen molar-refractivity contribution < 1.29 is 4.42 Å². The van der Waals surface area contributed by atoms with Crippen molar-refractivity contribution in [3.05, 3.63) is 55.0 Å². The van der Waals surface area contributed by atoms with Gasteiger partial charge in [0.2, 0.25) is 5.95 Å². The molecule has 0 aliphatic heterocycles. The number of furan rings is 1. The van der Waals surface area contributed by atoms with Crippen LogP contribution in [0.25, 0.3) is 31.9 Å². The number of hydrogen-bond donors (Lipinski definition) is 2. The molecule has 4 aromatic rings. The van der Waals surface area contributed by atoms with Gasteiger partial charge in [-0.1, -0.05) is 18.2 Å². The molecular weight excluding hydrogens is 320 g/mol. The van der Waals surface area contributed by atoms with Crippen LogP contribution in [0.2, 0.25) is 0 Å². The number of fused-ring (bicyclic) bond motifs is 1. The van der Waals surface area contributed by atoms with E-state index >= 15 is 0 Å². The minimum absolute atomic E-state index is 0.525. The number of nitrogens with zero attached hydrogens (tertiary/aromatic N) is 2. The zero-order chi connectivity index (χ0) is 16.4. The predicted molar refractivity (Wildman–Crippen MR) is 98.1 cm³/mol. The fraction of sp³-hybridized carbons (Fsp3) is 0.111. The highest BCUT2D eigenvalue weighted by Crippen LogP contribution is 2.34. The van der Waals surface area contributed by atoms with Gasteiger partial charge in [0.05, 0.1) is 28.8 Å². The van der Waals surface area contributed by atoms with Crippen LogP contribution in [0.3, 0.4) is 0 Å². The second-order valence-electron chi connectivity index (χ2n) is 5.34. The van der Waals surface area contributed by atoms with E-state index in [1.54, 1.807) is 23.9 Å². The first-order valence-electron chi connectivity index (χ1n) is 7.68. The summed E-state index contributed by atoms with van der Waals surface area (Å²) in [5.41, 5.74) is 8.22. The average molecular weight is 336 g/mol. The van der Waals surface area contributed by atoms with Gasteiger partial charge in [0.25, 0.3) is 0 Å². The number of thiophene rings is 1. The van der Waals surface area contributed by atoms with E-state index in [2.05, 4.69) is 33.5 Å². The third-order valence-electron chi connectivity index (χ3n) is 3.65. The van der Waals surface area contributed by atoms with Crippen molar-refractivity contribution in [1.29, 1.82) is 0 Å². The summed E-state index contributed by atoms with van der Waals surface area (Å²) in [7, 11) is 0. The number of hydrogen-bond acceptors (Lipinski definition) is 6. The number of rotatable bonds is 5.